The van der Waals surface area contributed by atoms with Gasteiger partial charge in [0.2, 0.25) is 0 Å². The third-order valence-electron chi connectivity index (χ3n) is 4.15. The van der Waals surface area contributed by atoms with Crippen molar-refractivity contribution in [2.75, 3.05) is 12.9 Å². The lowest BCUT2D eigenvalue weighted by Gasteiger charge is -2.32. The molecule has 4 nitrogen and oxygen atoms in total. The Balaban J connectivity index is 2.41. The number of amides is 2. The highest BCUT2D eigenvalue weighted by Crippen LogP contribution is 2.26. The second-order valence-corrected chi connectivity index (χ2v) is 6.50. The van der Waals surface area contributed by atoms with Gasteiger partial charge in [0.15, 0.2) is 0 Å². The zero-order valence-electron chi connectivity index (χ0n) is 12.3. The van der Waals surface area contributed by atoms with Crippen LogP contribution in [-0.4, -0.2) is 41.3 Å². The largest absolute Gasteiger partial charge is 0.395 e. The molecular weight excluding hydrogens is 260 g/mol. The molecule has 1 aliphatic carbocycles. The Morgan fingerprint density at radius 3 is 2.68 bits per heavy atom. The van der Waals surface area contributed by atoms with E-state index in [2.05, 4.69) is 17.6 Å². The van der Waals surface area contributed by atoms with Crippen LogP contribution in [0.1, 0.15) is 46.0 Å². The summed E-state index contributed by atoms with van der Waals surface area (Å²) in [5.74, 6) is 0.615. The molecule has 0 bridgehead atoms. The molecule has 4 atom stereocenters. The molecule has 2 amide bonds. The lowest BCUT2D eigenvalue weighted by molar-refractivity contribution is 0.210. The molecule has 3 N–H and O–H groups in total. The van der Waals surface area contributed by atoms with Crippen molar-refractivity contribution in [2.24, 2.45) is 5.92 Å². The van der Waals surface area contributed by atoms with Crippen molar-refractivity contribution in [3.63, 3.8) is 0 Å². The zero-order valence-corrected chi connectivity index (χ0v) is 13.1. The van der Waals surface area contributed by atoms with Crippen LogP contribution in [0.5, 0.6) is 0 Å². The van der Waals surface area contributed by atoms with Crippen molar-refractivity contribution in [1.82, 2.24) is 10.6 Å². The Hall–Kier alpha value is -0.420. The molecular formula is C14H28N2O2S. The minimum absolute atomic E-state index is 0.0244. The molecule has 19 heavy (non-hydrogen) atoms. The van der Waals surface area contributed by atoms with Gasteiger partial charge in [-0.1, -0.05) is 26.2 Å². The van der Waals surface area contributed by atoms with Crippen LogP contribution in [0.25, 0.3) is 0 Å². The van der Waals surface area contributed by atoms with Crippen LogP contribution < -0.4 is 10.6 Å². The standard InChI is InChI=1S/C14H28N2O2S/c1-4-11-7-5-6-8-12(11)16-14(18)15-10(2)13(9-17)19-3/h10-13,17H,4-9H2,1-3H3,(H2,15,16,18). The molecule has 4 unspecified atom stereocenters. The fourth-order valence-corrected chi connectivity index (χ4v) is 3.46. The lowest BCUT2D eigenvalue weighted by Crippen LogP contribution is -2.51. The predicted octanol–water partition coefficient (Wildman–Crippen LogP) is 2.37. The summed E-state index contributed by atoms with van der Waals surface area (Å²) in [6.07, 6.45) is 7.89. The Labute approximate surface area is 121 Å². The van der Waals surface area contributed by atoms with Gasteiger partial charge >= 0.3 is 6.03 Å². The first-order valence-electron chi connectivity index (χ1n) is 7.33. The van der Waals surface area contributed by atoms with Crippen LogP contribution in [0.15, 0.2) is 0 Å². The number of aliphatic hydroxyl groups is 1. The highest BCUT2D eigenvalue weighted by atomic mass is 32.2. The zero-order chi connectivity index (χ0) is 14.3. The third-order valence-corrected chi connectivity index (χ3v) is 5.31. The number of hydrogen-bond acceptors (Lipinski definition) is 3. The molecule has 1 rings (SSSR count). The first-order chi connectivity index (χ1) is 9.12. The maximum atomic E-state index is 12.0. The monoisotopic (exact) mass is 288 g/mol. The van der Waals surface area contributed by atoms with E-state index in [1.807, 2.05) is 13.2 Å². The Bertz CT molecular complexity index is 272. The van der Waals surface area contributed by atoms with Gasteiger partial charge in [-0.25, -0.2) is 4.79 Å². The summed E-state index contributed by atoms with van der Waals surface area (Å²) in [4.78, 5) is 12.0. The maximum Gasteiger partial charge on any atom is 0.315 e. The van der Waals surface area contributed by atoms with Crippen molar-refractivity contribution in [1.29, 1.82) is 0 Å². The van der Waals surface area contributed by atoms with E-state index in [1.165, 1.54) is 19.3 Å². The smallest absolute Gasteiger partial charge is 0.315 e. The molecule has 0 heterocycles. The summed E-state index contributed by atoms with van der Waals surface area (Å²) in [7, 11) is 0. The van der Waals surface area contributed by atoms with E-state index in [9.17, 15) is 9.90 Å². The molecule has 0 radical (unpaired) electrons. The summed E-state index contributed by atoms with van der Waals surface area (Å²) < 4.78 is 0. The van der Waals surface area contributed by atoms with E-state index in [1.54, 1.807) is 11.8 Å². The first kappa shape index (κ1) is 16.6. The number of nitrogens with one attached hydrogen (secondary N) is 2. The second-order valence-electron chi connectivity index (χ2n) is 5.42. The van der Waals surface area contributed by atoms with Gasteiger partial charge in [-0.05, 0) is 31.9 Å². The first-order valence-corrected chi connectivity index (χ1v) is 8.61. The highest BCUT2D eigenvalue weighted by Gasteiger charge is 2.26. The average Bonchev–Trinajstić information content (AvgIpc) is 2.40. The molecule has 1 fully saturated rings. The van der Waals surface area contributed by atoms with Crippen LogP contribution in [0.2, 0.25) is 0 Å². The van der Waals surface area contributed by atoms with Gasteiger partial charge < -0.3 is 15.7 Å². The molecule has 0 aliphatic heterocycles. The SMILES string of the molecule is CCC1CCCCC1NC(=O)NC(C)C(CO)SC. The van der Waals surface area contributed by atoms with E-state index < -0.39 is 0 Å². The van der Waals surface area contributed by atoms with Crippen LogP contribution in [-0.2, 0) is 0 Å². The van der Waals surface area contributed by atoms with Gasteiger partial charge in [0.25, 0.3) is 0 Å². The van der Waals surface area contributed by atoms with Gasteiger partial charge in [0, 0.05) is 17.3 Å². The van der Waals surface area contributed by atoms with Gasteiger partial charge in [0.05, 0.1) is 6.61 Å². The van der Waals surface area contributed by atoms with E-state index in [4.69, 9.17) is 0 Å². The van der Waals surface area contributed by atoms with Crippen molar-refractivity contribution >= 4 is 17.8 Å². The van der Waals surface area contributed by atoms with Crippen LogP contribution in [0.3, 0.4) is 0 Å². The quantitative estimate of drug-likeness (QED) is 0.703. The molecule has 0 aromatic rings. The minimum Gasteiger partial charge on any atom is -0.395 e. The molecule has 1 aliphatic rings. The maximum absolute atomic E-state index is 12.0. The van der Waals surface area contributed by atoms with Crippen LogP contribution >= 0.6 is 11.8 Å². The van der Waals surface area contributed by atoms with E-state index in [-0.39, 0.29) is 23.9 Å². The van der Waals surface area contributed by atoms with E-state index in [0.717, 1.165) is 12.8 Å². The normalized spacial score (nSPS) is 26.5. The summed E-state index contributed by atoms with van der Waals surface area (Å²) in [5, 5.41) is 15.3. The number of hydrogen-bond donors (Lipinski definition) is 3. The lowest BCUT2D eigenvalue weighted by atomic mass is 9.83. The van der Waals surface area contributed by atoms with Gasteiger partial charge in [0.1, 0.15) is 0 Å². The van der Waals surface area contributed by atoms with Gasteiger partial charge in [-0.15, -0.1) is 0 Å². The second kappa shape index (κ2) is 8.69. The number of carbonyl (C=O) groups excluding carboxylic acids is 1. The third kappa shape index (κ3) is 5.22. The van der Waals surface area contributed by atoms with E-state index in [0.29, 0.717) is 12.0 Å². The molecule has 0 spiro atoms. The van der Waals surface area contributed by atoms with Crippen molar-refractivity contribution in [2.45, 2.75) is 63.3 Å². The van der Waals surface area contributed by atoms with Gasteiger partial charge in [-0.2, -0.15) is 11.8 Å². The molecule has 5 heteroatoms. The van der Waals surface area contributed by atoms with Crippen molar-refractivity contribution in [3.8, 4) is 0 Å². The molecule has 0 saturated heterocycles. The fourth-order valence-electron chi connectivity index (χ4n) is 2.83. The summed E-state index contributed by atoms with van der Waals surface area (Å²) in [5.41, 5.74) is 0. The number of aliphatic hydroxyl groups excluding tert-OH is 1. The van der Waals surface area contributed by atoms with Crippen LogP contribution in [0, 0.1) is 5.92 Å². The predicted molar refractivity (Wildman–Crippen MR) is 81.6 cm³/mol. The molecule has 0 aromatic heterocycles. The van der Waals surface area contributed by atoms with Crippen molar-refractivity contribution in [3.05, 3.63) is 0 Å². The van der Waals surface area contributed by atoms with Crippen LogP contribution in [0.4, 0.5) is 4.79 Å². The summed E-state index contributed by atoms with van der Waals surface area (Å²) >= 11 is 1.58. The van der Waals surface area contributed by atoms with Gasteiger partial charge in [-0.3, -0.25) is 0 Å². The molecule has 0 aromatic carbocycles. The average molecular weight is 288 g/mol. The summed E-state index contributed by atoms with van der Waals surface area (Å²) in [6, 6.07) is 0.196. The number of urea groups is 1. The minimum atomic E-state index is -0.0923. The summed E-state index contributed by atoms with van der Waals surface area (Å²) in [6.45, 7) is 4.22. The number of thioether (sulfide) groups is 1. The van der Waals surface area contributed by atoms with Crippen molar-refractivity contribution < 1.29 is 9.90 Å². The number of rotatable bonds is 6. The topological polar surface area (TPSA) is 61.4 Å². The molecule has 1 saturated carbocycles. The Kier molecular flexibility index (Phi) is 7.61. The highest BCUT2D eigenvalue weighted by molar-refractivity contribution is 7.99. The Morgan fingerprint density at radius 2 is 2.11 bits per heavy atom. The fraction of sp³-hybridized carbons (Fsp3) is 0.929. The molecule has 112 valence electrons. The Morgan fingerprint density at radius 1 is 1.42 bits per heavy atom. The number of carbonyl (C=O) groups is 1. The van der Waals surface area contributed by atoms with E-state index >= 15 is 0 Å².